The standard InChI is InChI=1S/C21H15BrN4OS3/c22-18-9-8-16(27-18)19-24-25-21(26(19)11-14-5-2-1-3-6-14)30-13-15-12-29-20(23-15)17-7-4-10-28-17/h1-10,12H,11,13H2. The van der Waals surface area contributed by atoms with Gasteiger partial charge in [0, 0.05) is 11.1 Å². The first kappa shape index (κ1) is 19.7. The third-order valence-corrected chi connectivity index (χ3v) is 7.68. The molecule has 0 aliphatic rings. The second-order valence-corrected chi connectivity index (χ2v) is 9.92. The lowest BCUT2D eigenvalue weighted by Crippen LogP contribution is -2.04. The van der Waals surface area contributed by atoms with Gasteiger partial charge in [-0.1, -0.05) is 48.2 Å². The summed E-state index contributed by atoms with van der Waals surface area (Å²) in [5.41, 5.74) is 2.23. The molecule has 0 atom stereocenters. The van der Waals surface area contributed by atoms with Crippen LogP contribution in [0.15, 0.2) is 79.6 Å². The highest BCUT2D eigenvalue weighted by Gasteiger charge is 2.18. The summed E-state index contributed by atoms with van der Waals surface area (Å²) in [6.07, 6.45) is 0. The zero-order valence-electron chi connectivity index (χ0n) is 15.6. The molecule has 5 rings (SSSR count). The van der Waals surface area contributed by atoms with Gasteiger partial charge in [0.25, 0.3) is 0 Å². The summed E-state index contributed by atoms with van der Waals surface area (Å²) in [6.45, 7) is 0.668. The van der Waals surface area contributed by atoms with Gasteiger partial charge in [-0.05, 0) is 45.1 Å². The molecule has 0 saturated heterocycles. The Morgan fingerprint density at radius 3 is 2.67 bits per heavy atom. The van der Waals surface area contributed by atoms with Crippen LogP contribution in [0.2, 0.25) is 0 Å². The van der Waals surface area contributed by atoms with Gasteiger partial charge in [0.2, 0.25) is 5.82 Å². The molecule has 0 unspecified atom stereocenters. The Morgan fingerprint density at radius 1 is 1.00 bits per heavy atom. The summed E-state index contributed by atoms with van der Waals surface area (Å²) in [5, 5.41) is 15.0. The van der Waals surface area contributed by atoms with Crippen molar-refractivity contribution in [1.82, 2.24) is 19.7 Å². The van der Waals surface area contributed by atoms with Crippen molar-refractivity contribution in [1.29, 1.82) is 0 Å². The minimum Gasteiger partial charge on any atom is -0.446 e. The van der Waals surface area contributed by atoms with Crippen molar-refractivity contribution >= 4 is 50.4 Å². The molecule has 0 radical (unpaired) electrons. The Labute approximate surface area is 194 Å². The molecular formula is C21H15BrN4OS3. The van der Waals surface area contributed by atoms with Crippen LogP contribution < -0.4 is 0 Å². The van der Waals surface area contributed by atoms with E-state index in [-0.39, 0.29) is 0 Å². The number of aromatic nitrogens is 4. The van der Waals surface area contributed by atoms with Gasteiger partial charge < -0.3 is 4.42 Å². The third kappa shape index (κ3) is 4.29. The average Bonchev–Trinajstić information content (AvgIpc) is 3.55. The van der Waals surface area contributed by atoms with E-state index in [2.05, 4.69) is 65.7 Å². The van der Waals surface area contributed by atoms with Gasteiger partial charge in [-0.3, -0.25) is 4.57 Å². The maximum absolute atomic E-state index is 5.74. The molecule has 9 heteroatoms. The fraction of sp³-hybridized carbons (Fsp3) is 0.0952. The van der Waals surface area contributed by atoms with Gasteiger partial charge in [0.15, 0.2) is 15.6 Å². The highest BCUT2D eigenvalue weighted by atomic mass is 79.9. The van der Waals surface area contributed by atoms with Crippen molar-refractivity contribution in [3.8, 4) is 21.5 Å². The molecule has 4 heterocycles. The zero-order chi connectivity index (χ0) is 20.3. The monoisotopic (exact) mass is 514 g/mol. The van der Waals surface area contributed by atoms with Crippen LogP contribution in [-0.2, 0) is 12.3 Å². The maximum atomic E-state index is 5.74. The van der Waals surface area contributed by atoms with Crippen molar-refractivity contribution in [3.05, 3.63) is 81.3 Å². The van der Waals surface area contributed by atoms with Gasteiger partial charge >= 0.3 is 0 Å². The van der Waals surface area contributed by atoms with Gasteiger partial charge in [0.05, 0.1) is 17.1 Å². The highest BCUT2D eigenvalue weighted by Crippen LogP contribution is 2.32. The summed E-state index contributed by atoms with van der Waals surface area (Å²) >= 11 is 8.40. The molecule has 1 aromatic carbocycles. The Morgan fingerprint density at radius 2 is 1.90 bits per heavy atom. The van der Waals surface area contributed by atoms with E-state index in [0.717, 1.165) is 21.6 Å². The van der Waals surface area contributed by atoms with E-state index in [9.17, 15) is 0 Å². The van der Waals surface area contributed by atoms with Crippen molar-refractivity contribution in [2.75, 3.05) is 0 Å². The number of nitrogens with zero attached hydrogens (tertiary/aromatic N) is 4. The molecule has 150 valence electrons. The zero-order valence-corrected chi connectivity index (χ0v) is 19.6. The molecule has 5 aromatic rings. The van der Waals surface area contributed by atoms with Crippen LogP contribution in [0.25, 0.3) is 21.5 Å². The van der Waals surface area contributed by atoms with Gasteiger partial charge in [-0.15, -0.1) is 32.9 Å². The van der Waals surface area contributed by atoms with Gasteiger partial charge in [-0.2, -0.15) is 0 Å². The lowest BCUT2D eigenvalue weighted by molar-refractivity contribution is 0.545. The Bertz CT molecular complexity index is 1240. The Kier molecular flexibility index (Phi) is 5.85. The lowest BCUT2D eigenvalue weighted by Gasteiger charge is -2.09. The summed E-state index contributed by atoms with van der Waals surface area (Å²) in [4.78, 5) is 5.98. The number of benzene rings is 1. The van der Waals surface area contributed by atoms with Crippen molar-refractivity contribution < 1.29 is 4.42 Å². The van der Waals surface area contributed by atoms with E-state index in [0.29, 0.717) is 22.8 Å². The molecular weight excluding hydrogens is 500 g/mol. The predicted octanol–water partition coefficient (Wildman–Crippen LogP) is 6.83. The van der Waals surface area contributed by atoms with Gasteiger partial charge in [-0.25, -0.2) is 4.98 Å². The second-order valence-electron chi connectivity index (χ2n) is 6.39. The third-order valence-electron chi connectivity index (χ3n) is 4.33. The number of thioether (sulfide) groups is 1. The van der Waals surface area contributed by atoms with E-state index in [1.165, 1.54) is 10.4 Å². The summed E-state index contributed by atoms with van der Waals surface area (Å²) in [7, 11) is 0. The molecule has 0 aliphatic heterocycles. The predicted molar refractivity (Wildman–Crippen MR) is 126 cm³/mol. The molecule has 0 amide bonds. The van der Waals surface area contributed by atoms with E-state index in [4.69, 9.17) is 9.40 Å². The summed E-state index contributed by atoms with van der Waals surface area (Å²) in [5.74, 6) is 2.13. The van der Waals surface area contributed by atoms with Crippen LogP contribution in [0.5, 0.6) is 0 Å². The highest BCUT2D eigenvalue weighted by molar-refractivity contribution is 9.10. The second kappa shape index (κ2) is 8.89. The molecule has 5 nitrogen and oxygen atoms in total. The first-order chi connectivity index (χ1) is 14.8. The van der Waals surface area contributed by atoms with Gasteiger partial charge in [0.1, 0.15) is 5.01 Å². The fourth-order valence-electron chi connectivity index (χ4n) is 2.95. The number of thiophene rings is 1. The number of hydrogen-bond donors (Lipinski definition) is 0. The van der Waals surface area contributed by atoms with E-state index in [1.807, 2.05) is 30.3 Å². The normalized spacial score (nSPS) is 11.2. The minimum absolute atomic E-state index is 0.668. The number of rotatable bonds is 7. The Balaban J connectivity index is 1.41. The number of halogens is 1. The van der Waals surface area contributed by atoms with Crippen LogP contribution in [0, 0.1) is 0 Å². The van der Waals surface area contributed by atoms with Crippen LogP contribution >= 0.6 is 50.4 Å². The number of furan rings is 1. The first-order valence-electron chi connectivity index (χ1n) is 9.10. The largest absolute Gasteiger partial charge is 0.446 e. The molecule has 0 aliphatic carbocycles. The average molecular weight is 515 g/mol. The number of hydrogen-bond acceptors (Lipinski definition) is 7. The van der Waals surface area contributed by atoms with E-state index in [1.54, 1.807) is 34.4 Å². The van der Waals surface area contributed by atoms with Crippen LogP contribution in [0.3, 0.4) is 0 Å². The molecule has 0 bridgehead atoms. The quantitative estimate of drug-likeness (QED) is 0.223. The molecule has 0 N–H and O–H groups in total. The topological polar surface area (TPSA) is 56.7 Å². The molecule has 4 aromatic heterocycles. The summed E-state index contributed by atoms with van der Waals surface area (Å²) in [6, 6.07) is 18.2. The van der Waals surface area contributed by atoms with Crippen LogP contribution in [0.1, 0.15) is 11.3 Å². The molecule has 0 fully saturated rings. The van der Waals surface area contributed by atoms with Crippen LogP contribution in [-0.4, -0.2) is 19.7 Å². The van der Waals surface area contributed by atoms with Crippen molar-refractivity contribution in [3.63, 3.8) is 0 Å². The van der Waals surface area contributed by atoms with Crippen LogP contribution in [0.4, 0.5) is 0 Å². The molecule has 30 heavy (non-hydrogen) atoms. The summed E-state index contributed by atoms with van der Waals surface area (Å²) < 4.78 is 8.51. The first-order valence-corrected chi connectivity index (χ1v) is 12.6. The Hall–Kier alpha value is -2.20. The minimum atomic E-state index is 0.668. The smallest absolute Gasteiger partial charge is 0.200 e. The van der Waals surface area contributed by atoms with Crippen molar-refractivity contribution in [2.45, 2.75) is 17.5 Å². The molecule has 0 spiro atoms. The maximum Gasteiger partial charge on any atom is 0.200 e. The molecule has 0 saturated carbocycles. The lowest BCUT2D eigenvalue weighted by atomic mass is 10.2. The fourth-order valence-corrected chi connectivity index (χ4v) is 5.82. The number of thiazole rings is 1. The SMILES string of the molecule is Brc1ccc(-c2nnc(SCc3csc(-c4cccs4)n3)n2Cc2ccccc2)o1. The van der Waals surface area contributed by atoms with E-state index < -0.39 is 0 Å². The van der Waals surface area contributed by atoms with E-state index >= 15 is 0 Å². The van der Waals surface area contributed by atoms with Crippen molar-refractivity contribution in [2.24, 2.45) is 0 Å².